The minimum absolute atomic E-state index is 0.0105. The van der Waals surface area contributed by atoms with Crippen molar-refractivity contribution in [1.82, 2.24) is 15.1 Å². The molecule has 2 fully saturated rings. The van der Waals surface area contributed by atoms with Crippen molar-refractivity contribution >= 4 is 23.2 Å². The number of carbonyl (C=O) groups is 2. The molecule has 1 spiro atoms. The summed E-state index contributed by atoms with van der Waals surface area (Å²) in [6.45, 7) is 7.01. The number of ether oxygens (including phenoxy) is 1. The van der Waals surface area contributed by atoms with Gasteiger partial charge in [0.05, 0.1) is 6.54 Å². The third kappa shape index (κ3) is 5.73. The predicted molar refractivity (Wildman–Crippen MR) is 146 cm³/mol. The number of carbonyl (C=O) groups excluding carboxylic acids is 2. The SMILES string of the molecule is CC(C)CC1NC(=O)C2(CCN(Cc3ccc(Oc4ccccc4)cc3)CC2)N(Cc2cccs2)C1=O. The van der Waals surface area contributed by atoms with Crippen LogP contribution < -0.4 is 10.1 Å². The topological polar surface area (TPSA) is 61.9 Å². The number of amides is 2. The fourth-order valence-electron chi connectivity index (χ4n) is 5.42. The molecule has 0 bridgehead atoms. The summed E-state index contributed by atoms with van der Waals surface area (Å²) in [5.41, 5.74) is 0.422. The Kier molecular flexibility index (Phi) is 7.63. The summed E-state index contributed by atoms with van der Waals surface area (Å²) < 4.78 is 5.91. The van der Waals surface area contributed by atoms with Crippen LogP contribution in [0.1, 0.15) is 43.6 Å². The molecule has 0 radical (unpaired) electrons. The van der Waals surface area contributed by atoms with Crippen LogP contribution in [0.15, 0.2) is 72.1 Å². The van der Waals surface area contributed by atoms with Crippen molar-refractivity contribution < 1.29 is 14.3 Å². The van der Waals surface area contributed by atoms with Gasteiger partial charge in [-0.2, -0.15) is 0 Å². The normalized spacial score (nSPS) is 19.9. The zero-order chi connectivity index (χ0) is 25.8. The number of piperidine rings is 1. The van der Waals surface area contributed by atoms with Crippen LogP contribution >= 0.6 is 11.3 Å². The molecule has 1 N–H and O–H groups in total. The van der Waals surface area contributed by atoms with E-state index in [0.717, 1.165) is 36.0 Å². The molecule has 0 saturated carbocycles. The summed E-state index contributed by atoms with van der Waals surface area (Å²) in [7, 11) is 0. The van der Waals surface area contributed by atoms with Crippen molar-refractivity contribution in [3.05, 3.63) is 82.6 Å². The fourth-order valence-corrected chi connectivity index (χ4v) is 6.11. The lowest BCUT2D eigenvalue weighted by molar-refractivity contribution is -0.162. The number of likely N-dealkylation sites (tertiary alicyclic amines) is 1. The van der Waals surface area contributed by atoms with Crippen LogP contribution in [0.25, 0.3) is 0 Å². The first-order valence-electron chi connectivity index (χ1n) is 13.1. The van der Waals surface area contributed by atoms with E-state index < -0.39 is 11.6 Å². The second-order valence-corrected chi connectivity index (χ2v) is 11.6. The largest absolute Gasteiger partial charge is 0.457 e. The van der Waals surface area contributed by atoms with Crippen LogP contribution in [0.2, 0.25) is 0 Å². The van der Waals surface area contributed by atoms with Crippen molar-refractivity contribution in [2.24, 2.45) is 5.92 Å². The Morgan fingerprint density at radius 2 is 1.65 bits per heavy atom. The molecule has 0 aliphatic carbocycles. The van der Waals surface area contributed by atoms with E-state index in [9.17, 15) is 9.59 Å². The van der Waals surface area contributed by atoms with Gasteiger partial charge in [-0.15, -0.1) is 11.3 Å². The first-order valence-corrected chi connectivity index (χ1v) is 14.0. The van der Waals surface area contributed by atoms with Crippen LogP contribution in [-0.2, 0) is 22.7 Å². The molecule has 7 heteroatoms. The molecule has 3 aromatic rings. The lowest BCUT2D eigenvalue weighted by Gasteiger charge is -2.51. The summed E-state index contributed by atoms with van der Waals surface area (Å²) in [6, 6.07) is 21.6. The summed E-state index contributed by atoms with van der Waals surface area (Å²) in [5, 5.41) is 5.13. The number of thiophene rings is 1. The summed E-state index contributed by atoms with van der Waals surface area (Å²) in [4.78, 5) is 32.6. The minimum Gasteiger partial charge on any atom is -0.457 e. The minimum atomic E-state index is -0.779. The first kappa shape index (κ1) is 25.5. The van der Waals surface area contributed by atoms with Crippen molar-refractivity contribution in [3.63, 3.8) is 0 Å². The molecule has 194 valence electrons. The standard InChI is InChI=1S/C30H35N3O3S/c1-22(2)19-27-28(34)33(21-26-9-6-18-37-26)30(29(35)31-27)14-16-32(17-15-30)20-23-10-12-25(13-11-23)36-24-7-4-3-5-8-24/h3-13,18,22,27H,14-17,19-21H2,1-2H3,(H,31,35). The van der Waals surface area contributed by atoms with Gasteiger partial charge in [-0.1, -0.05) is 50.2 Å². The van der Waals surface area contributed by atoms with Crippen molar-refractivity contribution in [3.8, 4) is 11.5 Å². The molecule has 1 aromatic heterocycles. The maximum absolute atomic E-state index is 13.6. The first-order chi connectivity index (χ1) is 17.9. The van der Waals surface area contributed by atoms with Gasteiger partial charge >= 0.3 is 0 Å². The zero-order valence-corrected chi connectivity index (χ0v) is 22.4. The van der Waals surface area contributed by atoms with Gasteiger partial charge in [-0.3, -0.25) is 14.5 Å². The Morgan fingerprint density at radius 3 is 2.30 bits per heavy atom. The van der Waals surface area contributed by atoms with E-state index in [1.54, 1.807) is 11.3 Å². The van der Waals surface area contributed by atoms with Crippen LogP contribution in [0.3, 0.4) is 0 Å². The molecule has 2 saturated heterocycles. The van der Waals surface area contributed by atoms with E-state index in [1.807, 2.05) is 58.8 Å². The lowest BCUT2D eigenvalue weighted by Crippen LogP contribution is -2.72. The Morgan fingerprint density at radius 1 is 0.946 bits per heavy atom. The van der Waals surface area contributed by atoms with Gasteiger partial charge in [0.2, 0.25) is 11.8 Å². The van der Waals surface area contributed by atoms with Gasteiger partial charge in [0.25, 0.3) is 0 Å². The number of nitrogens with zero attached hydrogens (tertiary/aromatic N) is 2. The average Bonchev–Trinajstić information content (AvgIpc) is 3.41. The van der Waals surface area contributed by atoms with Gasteiger partial charge in [0.15, 0.2) is 0 Å². The highest BCUT2D eigenvalue weighted by atomic mass is 32.1. The highest BCUT2D eigenvalue weighted by molar-refractivity contribution is 7.09. The number of benzene rings is 2. The second kappa shape index (κ2) is 11.1. The third-order valence-corrected chi connectivity index (χ3v) is 8.26. The van der Waals surface area contributed by atoms with Crippen molar-refractivity contribution in [2.45, 2.75) is 57.8 Å². The highest BCUT2D eigenvalue weighted by Gasteiger charge is 2.53. The number of hydrogen-bond donors (Lipinski definition) is 1. The van der Waals surface area contributed by atoms with Crippen LogP contribution in [-0.4, -0.2) is 46.3 Å². The van der Waals surface area contributed by atoms with E-state index in [4.69, 9.17) is 4.74 Å². The Labute approximate surface area is 223 Å². The molecule has 1 atom stereocenters. The number of rotatable bonds is 8. The van der Waals surface area contributed by atoms with Crippen LogP contribution in [0.4, 0.5) is 0 Å². The second-order valence-electron chi connectivity index (χ2n) is 10.5. The number of hydrogen-bond acceptors (Lipinski definition) is 5. The summed E-state index contributed by atoms with van der Waals surface area (Å²) in [5.74, 6) is 2.03. The van der Waals surface area contributed by atoms with Gasteiger partial charge in [0, 0.05) is 24.5 Å². The van der Waals surface area contributed by atoms with Gasteiger partial charge in [-0.05, 0) is 66.5 Å². The van der Waals surface area contributed by atoms with Crippen molar-refractivity contribution in [1.29, 1.82) is 0 Å². The third-order valence-electron chi connectivity index (χ3n) is 7.40. The monoisotopic (exact) mass is 517 g/mol. The number of piperazine rings is 1. The van der Waals surface area contributed by atoms with Crippen molar-refractivity contribution in [2.75, 3.05) is 13.1 Å². The van der Waals surface area contributed by atoms with E-state index >= 15 is 0 Å². The lowest BCUT2D eigenvalue weighted by atomic mass is 9.80. The average molecular weight is 518 g/mol. The molecule has 2 aliphatic rings. The molecule has 6 nitrogen and oxygen atoms in total. The molecule has 2 aliphatic heterocycles. The smallest absolute Gasteiger partial charge is 0.246 e. The van der Waals surface area contributed by atoms with E-state index in [1.165, 1.54) is 5.56 Å². The van der Waals surface area contributed by atoms with E-state index in [0.29, 0.717) is 31.7 Å². The van der Waals surface area contributed by atoms with Crippen LogP contribution in [0.5, 0.6) is 11.5 Å². The molecule has 2 amide bonds. The molecule has 37 heavy (non-hydrogen) atoms. The quantitative estimate of drug-likeness (QED) is 0.432. The molecular weight excluding hydrogens is 482 g/mol. The molecule has 3 heterocycles. The fraction of sp³-hybridized carbons (Fsp3) is 0.400. The van der Waals surface area contributed by atoms with E-state index in [2.05, 4.69) is 42.3 Å². The molecular formula is C30H35N3O3S. The Bertz CT molecular complexity index is 1190. The molecule has 1 unspecified atom stereocenters. The zero-order valence-electron chi connectivity index (χ0n) is 21.6. The summed E-state index contributed by atoms with van der Waals surface area (Å²) >= 11 is 1.64. The number of para-hydroxylation sites is 1. The van der Waals surface area contributed by atoms with Gasteiger partial charge in [-0.25, -0.2) is 0 Å². The molecule has 5 rings (SSSR count). The Hall–Kier alpha value is -3.16. The molecule has 2 aromatic carbocycles. The predicted octanol–water partition coefficient (Wildman–Crippen LogP) is 5.45. The van der Waals surface area contributed by atoms with Crippen LogP contribution in [0, 0.1) is 5.92 Å². The highest BCUT2D eigenvalue weighted by Crippen LogP contribution is 2.36. The van der Waals surface area contributed by atoms with E-state index in [-0.39, 0.29) is 11.8 Å². The Balaban J connectivity index is 1.25. The van der Waals surface area contributed by atoms with Gasteiger partial charge in [0.1, 0.15) is 23.1 Å². The maximum atomic E-state index is 13.6. The number of nitrogens with one attached hydrogen (secondary N) is 1. The summed E-state index contributed by atoms with van der Waals surface area (Å²) in [6.07, 6.45) is 1.94. The maximum Gasteiger partial charge on any atom is 0.246 e. The van der Waals surface area contributed by atoms with Gasteiger partial charge < -0.3 is 15.0 Å².